The Hall–Kier alpha value is -2.24. The largest absolute Gasteiger partial charge is 0.497 e. The lowest BCUT2D eigenvalue weighted by molar-refractivity contribution is -0.124. The smallest absolute Gasteiger partial charge is 0.407 e. The van der Waals surface area contributed by atoms with Gasteiger partial charge in [0, 0.05) is 6.54 Å². The van der Waals surface area contributed by atoms with Crippen molar-refractivity contribution in [2.75, 3.05) is 13.7 Å². The molecule has 122 valence electrons. The number of ether oxygens (including phenoxy) is 2. The molecule has 0 bridgehead atoms. The van der Waals surface area contributed by atoms with Crippen molar-refractivity contribution in [1.82, 2.24) is 10.6 Å². The van der Waals surface area contributed by atoms with Crippen LogP contribution in [-0.2, 0) is 16.1 Å². The highest BCUT2D eigenvalue weighted by Gasteiger charge is 2.24. The van der Waals surface area contributed by atoms with Gasteiger partial charge in [0.05, 0.1) is 13.7 Å². The third-order valence-corrected chi connectivity index (χ3v) is 3.12. The number of nitrogens with one attached hydrogen (secondary N) is 2. The Morgan fingerprint density at radius 2 is 1.82 bits per heavy atom. The molecule has 22 heavy (non-hydrogen) atoms. The van der Waals surface area contributed by atoms with Gasteiger partial charge in [-0.2, -0.15) is 0 Å². The van der Waals surface area contributed by atoms with Crippen LogP contribution in [-0.4, -0.2) is 31.8 Å². The van der Waals surface area contributed by atoms with Crippen LogP contribution < -0.4 is 15.4 Å². The van der Waals surface area contributed by atoms with Crippen LogP contribution in [0, 0.1) is 5.92 Å². The first-order valence-corrected chi connectivity index (χ1v) is 7.31. The lowest BCUT2D eigenvalue weighted by Gasteiger charge is -2.21. The molecule has 0 radical (unpaired) electrons. The minimum atomic E-state index is -0.628. The molecule has 1 unspecified atom stereocenters. The van der Waals surface area contributed by atoms with Crippen LogP contribution in [0.15, 0.2) is 24.3 Å². The van der Waals surface area contributed by atoms with E-state index in [4.69, 9.17) is 9.47 Å². The van der Waals surface area contributed by atoms with Crippen LogP contribution in [0.2, 0.25) is 0 Å². The number of carbonyl (C=O) groups is 2. The molecule has 6 nitrogen and oxygen atoms in total. The molecule has 0 fully saturated rings. The third-order valence-electron chi connectivity index (χ3n) is 3.12. The molecule has 0 aliphatic carbocycles. The molecule has 6 heteroatoms. The Morgan fingerprint density at radius 1 is 1.18 bits per heavy atom. The monoisotopic (exact) mass is 308 g/mol. The summed E-state index contributed by atoms with van der Waals surface area (Å²) in [6.07, 6.45) is -0.583. The van der Waals surface area contributed by atoms with E-state index in [0.717, 1.165) is 11.3 Å². The van der Waals surface area contributed by atoms with E-state index in [2.05, 4.69) is 10.6 Å². The van der Waals surface area contributed by atoms with Crippen molar-refractivity contribution in [2.24, 2.45) is 5.92 Å². The molecule has 0 aromatic heterocycles. The summed E-state index contributed by atoms with van der Waals surface area (Å²) in [6.45, 7) is 6.10. The Labute approximate surface area is 131 Å². The number of rotatable bonds is 7. The van der Waals surface area contributed by atoms with E-state index < -0.39 is 12.1 Å². The highest BCUT2D eigenvalue weighted by Crippen LogP contribution is 2.11. The van der Waals surface area contributed by atoms with Crippen LogP contribution in [0.3, 0.4) is 0 Å². The van der Waals surface area contributed by atoms with Crippen molar-refractivity contribution in [3.05, 3.63) is 29.8 Å². The number of hydrogen-bond acceptors (Lipinski definition) is 4. The van der Waals surface area contributed by atoms with Crippen molar-refractivity contribution >= 4 is 12.0 Å². The molecule has 0 saturated heterocycles. The highest BCUT2D eigenvalue weighted by molar-refractivity contribution is 5.85. The number of hydrogen-bond donors (Lipinski definition) is 2. The van der Waals surface area contributed by atoms with E-state index >= 15 is 0 Å². The maximum atomic E-state index is 12.2. The van der Waals surface area contributed by atoms with Gasteiger partial charge >= 0.3 is 6.09 Å². The van der Waals surface area contributed by atoms with Gasteiger partial charge < -0.3 is 20.1 Å². The second kappa shape index (κ2) is 8.92. The SMILES string of the molecule is CCOC(=O)NC(C(=O)NCc1ccc(OC)cc1)C(C)C. The van der Waals surface area contributed by atoms with Crippen LogP contribution in [0.5, 0.6) is 5.75 Å². The minimum absolute atomic E-state index is 0.0414. The minimum Gasteiger partial charge on any atom is -0.497 e. The standard InChI is InChI=1S/C16H24N2O4/c1-5-22-16(20)18-14(11(2)3)15(19)17-10-12-6-8-13(21-4)9-7-12/h6-9,11,14H,5,10H2,1-4H3,(H,17,19)(H,18,20). The predicted octanol–water partition coefficient (Wildman–Crippen LogP) is 2.08. The quantitative estimate of drug-likeness (QED) is 0.808. The van der Waals surface area contributed by atoms with Gasteiger partial charge in [0.1, 0.15) is 11.8 Å². The van der Waals surface area contributed by atoms with E-state index in [1.807, 2.05) is 38.1 Å². The molecular weight excluding hydrogens is 284 g/mol. The van der Waals surface area contributed by atoms with E-state index in [0.29, 0.717) is 6.54 Å². The number of benzene rings is 1. The summed E-state index contributed by atoms with van der Waals surface area (Å²) in [5.41, 5.74) is 0.952. The number of alkyl carbamates (subject to hydrolysis) is 1. The zero-order chi connectivity index (χ0) is 16.5. The van der Waals surface area contributed by atoms with Gasteiger partial charge in [-0.25, -0.2) is 4.79 Å². The third kappa shape index (κ3) is 5.63. The van der Waals surface area contributed by atoms with E-state index in [-0.39, 0.29) is 18.4 Å². The van der Waals surface area contributed by atoms with Gasteiger partial charge in [0.25, 0.3) is 0 Å². The molecule has 1 rings (SSSR count). The van der Waals surface area contributed by atoms with Gasteiger partial charge in [0.2, 0.25) is 5.91 Å². The molecular formula is C16H24N2O4. The van der Waals surface area contributed by atoms with E-state index in [1.165, 1.54) is 0 Å². The van der Waals surface area contributed by atoms with Crippen LogP contribution >= 0.6 is 0 Å². The van der Waals surface area contributed by atoms with Crippen molar-refractivity contribution < 1.29 is 19.1 Å². The van der Waals surface area contributed by atoms with Crippen molar-refractivity contribution in [2.45, 2.75) is 33.4 Å². The van der Waals surface area contributed by atoms with E-state index in [9.17, 15) is 9.59 Å². The molecule has 0 aliphatic heterocycles. The predicted molar refractivity (Wildman–Crippen MR) is 83.6 cm³/mol. The zero-order valence-electron chi connectivity index (χ0n) is 13.5. The fourth-order valence-electron chi connectivity index (χ4n) is 1.88. The average Bonchev–Trinajstić information content (AvgIpc) is 2.50. The number of methoxy groups -OCH3 is 1. The van der Waals surface area contributed by atoms with Crippen molar-refractivity contribution in [3.63, 3.8) is 0 Å². The van der Waals surface area contributed by atoms with E-state index in [1.54, 1.807) is 14.0 Å². The Bertz CT molecular complexity index is 485. The normalized spacial score (nSPS) is 11.7. The average molecular weight is 308 g/mol. The van der Waals surface area contributed by atoms with Gasteiger partial charge in [0.15, 0.2) is 0 Å². The van der Waals surface area contributed by atoms with Gasteiger partial charge in [-0.3, -0.25) is 4.79 Å². The second-order valence-corrected chi connectivity index (χ2v) is 5.15. The molecule has 0 aliphatic rings. The molecule has 1 aromatic carbocycles. The van der Waals surface area contributed by atoms with Crippen molar-refractivity contribution in [3.8, 4) is 5.75 Å². The molecule has 1 aromatic rings. The molecule has 0 spiro atoms. The first-order valence-electron chi connectivity index (χ1n) is 7.31. The summed E-state index contributed by atoms with van der Waals surface area (Å²) >= 11 is 0. The number of amides is 2. The summed E-state index contributed by atoms with van der Waals surface area (Å²) in [7, 11) is 1.60. The second-order valence-electron chi connectivity index (χ2n) is 5.15. The van der Waals surface area contributed by atoms with Gasteiger partial charge in [-0.15, -0.1) is 0 Å². The van der Waals surface area contributed by atoms with Crippen LogP contribution in [0.1, 0.15) is 26.3 Å². The maximum absolute atomic E-state index is 12.2. The highest BCUT2D eigenvalue weighted by atomic mass is 16.5. The molecule has 1 atom stereocenters. The fourth-order valence-corrected chi connectivity index (χ4v) is 1.88. The summed E-state index contributed by atoms with van der Waals surface area (Å²) in [5.74, 6) is 0.484. The topological polar surface area (TPSA) is 76.7 Å². The molecule has 2 amide bonds. The zero-order valence-corrected chi connectivity index (χ0v) is 13.5. The Kier molecular flexibility index (Phi) is 7.22. The summed E-state index contributed by atoms with van der Waals surface area (Å²) in [4.78, 5) is 23.7. The lowest BCUT2D eigenvalue weighted by atomic mass is 10.0. The van der Waals surface area contributed by atoms with Crippen molar-refractivity contribution in [1.29, 1.82) is 0 Å². The molecule has 2 N–H and O–H groups in total. The molecule has 0 heterocycles. The summed E-state index contributed by atoms with van der Waals surface area (Å²) in [5, 5.41) is 5.39. The number of carbonyl (C=O) groups excluding carboxylic acids is 2. The Morgan fingerprint density at radius 3 is 2.32 bits per heavy atom. The van der Waals surface area contributed by atoms with Gasteiger partial charge in [-0.1, -0.05) is 26.0 Å². The summed E-state index contributed by atoms with van der Waals surface area (Å²) in [6, 6.07) is 6.79. The van der Waals surface area contributed by atoms with Crippen LogP contribution in [0.4, 0.5) is 4.79 Å². The Balaban J connectivity index is 2.57. The van der Waals surface area contributed by atoms with Gasteiger partial charge in [-0.05, 0) is 30.5 Å². The summed E-state index contributed by atoms with van der Waals surface area (Å²) < 4.78 is 9.90. The first-order chi connectivity index (χ1) is 10.5. The molecule has 0 saturated carbocycles. The lowest BCUT2D eigenvalue weighted by Crippen LogP contribution is -2.49. The first kappa shape index (κ1) is 17.8. The van der Waals surface area contributed by atoms with Crippen LogP contribution in [0.25, 0.3) is 0 Å². The fraction of sp³-hybridized carbons (Fsp3) is 0.500. The maximum Gasteiger partial charge on any atom is 0.407 e.